The Morgan fingerprint density at radius 2 is 1.89 bits per heavy atom. The average Bonchev–Trinajstić information content (AvgIpc) is 3.07. The molecule has 2 heterocycles. The summed E-state index contributed by atoms with van der Waals surface area (Å²) in [5, 5.41) is 13.8. The van der Waals surface area contributed by atoms with Gasteiger partial charge in [-0.1, -0.05) is 6.92 Å². The summed E-state index contributed by atoms with van der Waals surface area (Å²) in [6.45, 7) is 2.40. The summed E-state index contributed by atoms with van der Waals surface area (Å²) < 4.78 is 12.3. The van der Waals surface area contributed by atoms with Gasteiger partial charge in [0.2, 0.25) is 0 Å². The number of carboxylic acid groups (broad SMARTS) is 1. The number of nitrogens with zero attached hydrogens (tertiary/aromatic N) is 3. The lowest BCUT2D eigenvalue weighted by molar-refractivity contribution is -0.138. The van der Waals surface area contributed by atoms with Crippen molar-refractivity contribution in [2.24, 2.45) is 7.05 Å². The summed E-state index contributed by atoms with van der Waals surface area (Å²) in [6, 6.07) is 4.82. The fraction of sp³-hybridized carbons (Fsp3) is 0.450. The molecule has 0 radical (unpaired) electrons. The van der Waals surface area contributed by atoms with Gasteiger partial charge in [0.15, 0.2) is 11.5 Å². The van der Waals surface area contributed by atoms with E-state index < -0.39 is 12.0 Å². The van der Waals surface area contributed by atoms with Crippen molar-refractivity contribution in [3.05, 3.63) is 40.7 Å². The number of aliphatic carboxylic acids is 1. The quantitative estimate of drug-likeness (QED) is 0.817. The maximum absolute atomic E-state index is 13.2. The largest absolute Gasteiger partial charge is 0.493 e. The van der Waals surface area contributed by atoms with Gasteiger partial charge in [-0.3, -0.25) is 14.3 Å². The minimum Gasteiger partial charge on any atom is -0.493 e. The molecule has 1 amide bonds. The second kappa shape index (κ2) is 7.92. The van der Waals surface area contributed by atoms with E-state index in [-0.39, 0.29) is 12.3 Å². The monoisotopic (exact) mass is 387 g/mol. The molecule has 1 atom stereocenters. The van der Waals surface area contributed by atoms with Crippen LogP contribution >= 0.6 is 0 Å². The Hall–Kier alpha value is -3.03. The van der Waals surface area contributed by atoms with Crippen LogP contribution in [0, 0.1) is 0 Å². The van der Waals surface area contributed by atoms with Gasteiger partial charge in [-0.15, -0.1) is 0 Å². The van der Waals surface area contributed by atoms with Crippen molar-refractivity contribution in [2.45, 2.75) is 32.2 Å². The van der Waals surface area contributed by atoms with E-state index in [1.807, 2.05) is 13.0 Å². The lowest BCUT2D eigenvalue weighted by atomic mass is 9.89. The molecule has 28 heavy (non-hydrogen) atoms. The number of carbonyl (C=O) groups is 2. The van der Waals surface area contributed by atoms with Crippen LogP contribution in [0.3, 0.4) is 0 Å². The van der Waals surface area contributed by atoms with Crippen LogP contribution in [-0.2, 0) is 24.7 Å². The number of carboxylic acids is 1. The third kappa shape index (κ3) is 3.54. The fourth-order valence-corrected chi connectivity index (χ4v) is 3.70. The van der Waals surface area contributed by atoms with Crippen LogP contribution in [0.4, 0.5) is 0 Å². The first-order chi connectivity index (χ1) is 13.4. The highest BCUT2D eigenvalue weighted by atomic mass is 16.5. The number of aryl methyl sites for hydroxylation is 2. The molecule has 0 bridgehead atoms. The molecular weight excluding hydrogens is 362 g/mol. The van der Waals surface area contributed by atoms with Gasteiger partial charge in [-0.05, 0) is 42.2 Å². The van der Waals surface area contributed by atoms with Crippen LogP contribution < -0.4 is 9.47 Å². The van der Waals surface area contributed by atoms with Gasteiger partial charge in [-0.2, -0.15) is 5.10 Å². The average molecular weight is 387 g/mol. The van der Waals surface area contributed by atoms with E-state index in [1.54, 1.807) is 35.9 Å². The van der Waals surface area contributed by atoms with Crippen molar-refractivity contribution in [2.75, 3.05) is 20.8 Å². The van der Waals surface area contributed by atoms with Crippen molar-refractivity contribution in [3.8, 4) is 11.5 Å². The van der Waals surface area contributed by atoms with Crippen LogP contribution in [0.25, 0.3) is 0 Å². The van der Waals surface area contributed by atoms with Crippen LogP contribution in [0.1, 0.15) is 46.7 Å². The summed E-state index contributed by atoms with van der Waals surface area (Å²) in [4.78, 5) is 26.4. The van der Waals surface area contributed by atoms with E-state index >= 15 is 0 Å². The Morgan fingerprint density at radius 3 is 2.46 bits per heavy atom. The molecule has 0 saturated carbocycles. The summed E-state index contributed by atoms with van der Waals surface area (Å²) in [5.74, 6) is -0.0832. The van der Waals surface area contributed by atoms with Gasteiger partial charge >= 0.3 is 5.97 Å². The lowest BCUT2D eigenvalue weighted by Crippen LogP contribution is -2.41. The summed E-state index contributed by atoms with van der Waals surface area (Å²) in [7, 11) is 4.82. The normalized spacial score (nSPS) is 15.9. The molecule has 0 spiro atoms. The maximum Gasteiger partial charge on any atom is 0.305 e. The van der Waals surface area contributed by atoms with E-state index in [4.69, 9.17) is 9.47 Å². The van der Waals surface area contributed by atoms with Crippen LogP contribution in [0.2, 0.25) is 0 Å². The van der Waals surface area contributed by atoms with Crippen molar-refractivity contribution in [1.82, 2.24) is 14.7 Å². The smallest absolute Gasteiger partial charge is 0.305 e. The standard InChI is InChI=1S/C20H25N3O5/c1-5-13-9-16(22(2)21-13)20(26)23-7-6-12-8-17(27-3)18(28-4)10-14(12)15(23)11-19(24)25/h8-10,15H,5-7,11H2,1-4H3,(H,24,25). The highest BCUT2D eigenvalue weighted by Crippen LogP contribution is 2.40. The number of aromatic nitrogens is 2. The zero-order chi connectivity index (χ0) is 20.4. The van der Waals surface area contributed by atoms with Gasteiger partial charge < -0.3 is 19.5 Å². The SMILES string of the molecule is CCc1cc(C(=O)N2CCc3cc(OC)c(OC)cc3C2CC(=O)O)n(C)n1. The molecule has 0 saturated heterocycles. The van der Waals surface area contributed by atoms with Gasteiger partial charge in [0.25, 0.3) is 5.91 Å². The molecule has 1 aliphatic heterocycles. The first-order valence-corrected chi connectivity index (χ1v) is 9.20. The zero-order valence-corrected chi connectivity index (χ0v) is 16.6. The minimum atomic E-state index is -0.968. The van der Waals surface area contributed by atoms with Gasteiger partial charge in [0, 0.05) is 13.6 Å². The van der Waals surface area contributed by atoms with E-state index in [9.17, 15) is 14.7 Å². The number of amides is 1. The number of fused-ring (bicyclic) bond motifs is 1. The van der Waals surface area contributed by atoms with Crippen molar-refractivity contribution < 1.29 is 24.2 Å². The summed E-state index contributed by atoms with van der Waals surface area (Å²) >= 11 is 0. The third-order valence-corrected chi connectivity index (χ3v) is 5.14. The molecule has 8 heteroatoms. The number of methoxy groups -OCH3 is 2. The zero-order valence-electron chi connectivity index (χ0n) is 16.6. The molecule has 2 aromatic rings. The van der Waals surface area contributed by atoms with Crippen LogP contribution in [-0.4, -0.2) is 52.4 Å². The molecular formula is C20H25N3O5. The molecule has 150 valence electrons. The maximum atomic E-state index is 13.2. The number of benzene rings is 1. The van der Waals surface area contributed by atoms with E-state index in [0.29, 0.717) is 30.2 Å². The van der Waals surface area contributed by atoms with Gasteiger partial charge in [-0.25, -0.2) is 0 Å². The van der Waals surface area contributed by atoms with Crippen LogP contribution in [0.5, 0.6) is 11.5 Å². The number of hydrogen-bond donors (Lipinski definition) is 1. The highest BCUT2D eigenvalue weighted by molar-refractivity contribution is 5.93. The van der Waals surface area contributed by atoms with Crippen molar-refractivity contribution in [1.29, 1.82) is 0 Å². The molecule has 0 fully saturated rings. The lowest BCUT2D eigenvalue weighted by Gasteiger charge is -2.37. The Labute approximate surface area is 163 Å². The third-order valence-electron chi connectivity index (χ3n) is 5.14. The first kappa shape index (κ1) is 19.7. The number of ether oxygens (including phenoxy) is 2. The van der Waals surface area contributed by atoms with Crippen molar-refractivity contribution in [3.63, 3.8) is 0 Å². The summed E-state index contributed by atoms with van der Waals surface area (Å²) in [5.41, 5.74) is 3.02. The van der Waals surface area contributed by atoms with E-state index in [0.717, 1.165) is 23.2 Å². The molecule has 3 rings (SSSR count). The number of hydrogen-bond acceptors (Lipinski definition) is 5. The number of carbonyl (C=O) groups excluding carboxylic acids is 1. The van der Waals surface area contributed by atoms with Gasteiger partial charge in [0.05, 0.1) is 32.4 Å². The Balaban J connectivity index is 2.04. The van der Waals surface area contributed by atoms with E-state index in [1.165, 1.54) is 7.11 Å². The molecule has 1 aromatic heterocycles. The predicted octanol–water partition coefficient (Wildman–Crippen LogP) is 2.21. The van der Waals surface area contributed by atoms with E-state index in [2.05, 4.69) is 5.10 Å². The molecule has 0 aliphatic carbocycles. The number of rotatable bonds is 6. The second-order valence-electron chi connectivity index (χ2n) is 6.77. The Kier molecular flexibility index (Phi) is 5.58. The molecule has 1 unspecified atom stereocenters. The molecule has 1 aliphatic rings. The highest BCUT2D eigenvalue weighted by Gasteiger charge is 2.35. The Morgan fingerprint density at radius 1 is 1.21 bits per heavy atom. The minimum absolute atomic E-state index is 0.188. The second-order valence-corrected chi connectivity index (χ2v) is 6.77. The Bertz CT molecular complexity index is 905. The van der Waals surface area contributed by atoms with Crippen molar-refractivity contribution >= 4 is 11.9 Å². The van der Waals surface area contributed by atoms with Gasteiger partial charge in [0.1, 0.15) is 5.69 Å². The molecule has 1 aromatic carbocycles. The predicted molar refractivity (Wildman–Crippen MR) is 102 cm³/mol. The first-order valence-electron chi connectivity index (χ1n) is 9.20. The topological polar surface area (TPSA) is 93.9 Å². The molecule has 1 N–H and O–H groups in total. The fourth-order valence-electron chi connectivity index (χ4n) is 3.70. The summed E-state index contributed by atoms with van der Waals surface area (Å²) in [6.07, 6.45) is 1.14. The molecule has 8 nitrogen and oxygen atoms in total. The van der Waals surface area contributed by atoms with Crippen LogP contribution in [0.15, 0.2) is 18.2 Å².